The Morgan fingerprint density at radius 3 is 2.43 bits per heavy atom. The molecule has 2 aromatic heterocycles. The van der Waals surface area contributed by atoms with Gasteiger partial charge in [0.15, 0.2) is 5.78 Å². The average molecular weight is 398 g/mol. The third-order valence-electron chi connectivity index (χ3n) is 5.34. The summed E-state index contributed by atoms with van der Waals surface area (Å²) < 4.78 is 2.40. The first kappa shape index (κ1) is 18.6. The van der Waals surface area contributed by atoms with Gasteiger partial charge in [-0.15, -0.1) is 0 Å². The summed E-state index contributed by atoms with van der Waals surface area (Å²) in [4.78, 5) is 43.3. The molecule has 0 N–H and O–H groups in total. The molecular formula is C21H20ClN3O3. The number of rotatable bonds is 1. The molecular weight excluding hydrogens is 378 g/mol. The van der Waals surface area contributed by atoms with Gasteiger partial charge in [-0.25, -0.2) is 9.78 Å². The van der Waals surface area contributed by atoms with E-state index in [-0.39, 0.29) is 22.2 Å². The molecule has 1 aromatic carbocycles. The highest BCUT2D eigenvalue weighted by Gasteiger charge is 2.36. The molecule has 0 fully saturated rings. The van der Waals surface area contributed by atoms with Crippen molar-refractivity contribution in [2.45, 2.75) is 26.7 Å². The molecule has 3 aromatic rings. The number of nitrogens with zero attached hydrogens (tertiary/aromatic N) is 3. The van der Waals surface area contributed by atoms with Crippen LogP contribution in [0.1, 0.15) is 36.3 Å². The Kier molecular flexibility index (Phi) is 4.08. The number of aromatic nitrogens is 3. The highest BCUT2D eigenvalue weighted by Crippen LogP contribution is 2.40. The Balaban J connectivity index is 2.28. The van der Waals surface area contributed by atoms with Crippen LogP contribution in [0.15, 0.2) is 33.9 Å². The van der Waals surface area contributed by atoms with E-state index in [1.54, 1.807) is 25.2 Å². The number of carbonyl (C=O) groups is 1. The van der Waals surface area contributed by atoms with E-state index in [1.807, 2.05) is 19.9 Å². The number of ketones is 1. The summed E-state index contributed by atoms with van der Waals surface area (Å²) in [7, 11) is 3.01. The minimum Gasteiger partial charge on any atom is -0.294 e. The van der Waals surface area contributed by atoms with Gasteiger partial charge in [0.2, 0.25) is 0 Å². The first-order chi connectivity index (χ1) is 13.1. The number of Topliss-reactive ketones (excluding diaryl/α,β-unsaturated/α-hetero) is 1. The summed E-state index contributed by atoms with van der Waals surface area (Å²) in [6, 6.07) is 7.06. The maximum Gasteiger partial charge on any atom is 0.332 e. The van der Waals surface area contributed by atoms with Crippen LogP contribution < -0.4 is 11.2 Å². The number of hydrogen-bond acceptors (Lipinski definition) is 4. The van der Waals surface area contributed by atoms with E-state index >= 15 is 0 Å². The topological polar surface area (TPSA) is 74.0 Å². The van der Waals surface area contributed by atoms with Gasteiger partial charge in [0.05, 0.1) is 11.1 Å². The second-order valence-electron chi connectivity index (χ2n) is 8.16. The summed E-state index contributed by atoms with van der Waals surface area (Å²) in [5.41, 5.74) is 1.38. The van der Waals surface area contributed by atoms with Crippen molar-refractivity contribution in [1.82, 2.24) is 14.1 Å². The zero-order valence-corrected chi connectivity index (χ0v) is 16.9. The van der Waals surface area contributed by atoms with Crippen LogP contribution in [0.2, 0.25) is 5.02 Å². The van der Waals surface area contributed by atoms with Gasteiger partial charge in [-0.2, -0.15) is 0 Å². The Bertz CT molecular complexity index is 1280. The van der Waals surface area contributed by atoms with Crippen LogP contribution in [0.5, 0.6) is 0 Å². The molecule has 0 amide bonds. The van der Waals surface area contributed by atoms with Crippen molar-refractivity contribution in [1.29, 1.82) is 0 Å². The van der Waals surface area contributed by atoms with E-state index < -0.39 is 11.2 Å². The summed E-state index contributed by atoms with van der Waals surface area (Å²) in [6.45, 7) is 4.03. The van der Waals surface area contributed by atoms with Crippen molar-refractivity contribution in [3.05, 3.63) is 61.4 Å². The molecule has 28 heavy (non-hydrogen) atoms. The van der Waals surface area contributed by atoms with Crippen LogP contribution in [0.25, 0.3) is 22.2 Å². The average Bonchev–Trinajstić information content (AvgIpc) is 2.62. The molecule has 7 heteroatoms. The predicted octanol–water partition coefficient (Wildman–Crippen LogP) is 3.11. The molecule has 2 heterocycles. The molecule has 0 saturated heterocycles. The number of hydrogen-bond donors (Lipinski definition) is 0. The van der Waals surface area contributed by atoms with Crippen molar-refractivity contribution in [3.8, 4) is 11.1 Å². The number of carbonyl (C=O) groups excluding carboxylic acids is 1. The lowest BCUT2D eigenvalue weighted by molar-refractivity contribution is 0.0911. The van der Waals surface area contributed by atoms with Gasteiger partial charge < -0.3 is 0 Å². The van der Waals surface area contributed by atoms with Gasteiger partial charge in [0.25, 0.3) is 5.56 Å². The van der Waals surface area contributed by atoms with E-state index in [2.05, 4.69) is 4.98 Å². The normalized spacial score (nSPS) is 15.7. The number of pyridine rings is 1. The van der Waals surface area contributed by atoms with Crippen LogP contribution in [0.4, 0.5) is 0 Å². The molecule has 0 unspecified atom stereocenters. The monoisotopic (exact) mass is 397 g/mol. The lowest BCUT2D eigenvalue weighted by Crippen LogP contribution is -2.38. The lowest BCUT2D eigenvalue weighted by atomic mass is 9.73. The highest BCUT2D eigenvalue weighted by atomic mass is 35.5. The van der Waals surface area contributed by atoms with Crippen LogP contribution in [-0.2, 0) is 20.5 Å². The Hall–Kier alpha value is -2.73. The second kappa shape index (κ2) is 6.14. The van der Waals surface area contributed by atoms with E-state index in [1.165, 1.54) is 11.6 Å². The maximum atomic E-state index is 13.1. The summed E-state index contributed by atoms with van der Waals surface area (Å²) in [5.74, 6) is -0.0495. The smallest absolute Gasteiger partial charge is 0.294 e. The SMILES string of the molecule is Cn1c(=O)c2c(-c3cccc(Cl)c3)c3c(nc2n(C)c1=O)CC(C)(C)CC3=O. The van der Waals surface area contributed by atoms with Gasteiger partial charge in [-0.3, -0.25) is 18.7 Å². The van der Waals surface area contributed by atoms with E-state index in [9.17, 15) is 14.4 Å². The van der Waals surface area contributed by atoms with E-state index in [0.717, 1.165) is 4.57 Å². The fourth-order valence-electron chi connectivity index (χ4n) is 4.04. The van der Waals surface area contributed by atoms with Crippen LogP contribution >= 0.6 is 11.6 Å². The molecule has 144 valence electrons. The molecule has 1 aliphatic rings. The van der Waals surface area contributed by atoms with Gasteiger partial charge in [0, 0.05) is 36.7 Å². The molecule has 0 spiro atoms. The quantitative estimate of drug-likeness (QED) is 0.632. The summed E-state index contributed by atoms with van der Waals surface area (Å²) in [5, 5.41) is 0.764. The summed E-state index contributed by atoms with van der Waals surface area (Å²) >= 11 is 6.20. The number of benzene rings is 1. The van der Waals surface area contributed by atoms with Crippen molar-refractivity contribution in [2.24, 2.45) is 19.5 Å². The number of aryl methyl sites for hydroxylation is 1. The second-order valence-corrected chi connectivity index (χ2v) is 8.60. The predicted molar refractivity (Wildman–Crippen MR) is 109 cm³/mol. The van der Waals surface area contributed by atoms with Crippen molar-refractivity contribution in [3.63, 3.8) is 0 Å². The first-order valence-corrected chi connectivity index (χ1v) is 9.40. The third kappa shape index (κ3) is 2.71. The minimum atomic E-state index is -0.471. The summed E-state index contributed by atoms with van der Waals surface area (Å²) in [6.07, 6.45) is 0.952. The Labute approximate surface area is 166 Å². The number of halogens is 1. The van der Waals surface area contributed by atoms with Gasteiger partial charge in [0.1, 0.15) is 5.65 Å². The zero-order chi connectivity index (χ0) is 20.4. The lowest BCUT2D eigenvalue weighted by Gasteiger charge is -2.31. The van der Waals surface area contributed by atoms with Crippen LogP contribution in [0.3, 0.4) is 0 Å². The fourth-order valence-corrected chi connectivity index (χ4v) is 4.23. The molecule has 0 aliphatic heterocycles. The standard InChI is InChI=1S/C21H20ClN3O3/c1-21(2)9-13-16(14(26)10-21)15(11-6-5-7-12(22)8-11)17-18(23-13)24(3)20(28)25(4)19(17)27/h5-8H,9-10H2,1-4H3. The highest BCUT2D eigenvalue weighted by molar-refractivity contribution is 6.31. The van der Waals surface area contributed by atoms with Crippen LogP contribution in [0, 0.1) is 5.41 Å². The van der Waals surface area contributed by atoms with Crippen molar-refractivity contribution in [2.75, 3.05) is 0 Å². The molecule has 0 radical (unpaired) electrons. The number of fused-ring (bicyclic) bond motifs is 2. The first-order valence-electron chi connectivity index (χ1n) is 9.02. The van der Waals surface area contributed by atoms with Crippen LogP contribution in [-0.4, -0.2) is 19.9 Å². The van der Waals surface area contributed by atoms with Gasteiger partial charge >= 0.3 is 5.69 Å². The van der Waals surface area contributed by atoms with E-state index in [4.69, 9.17) is 11.6 Å². The van der Waals surface area contributed by atoms with Crippen molar-refractivity contribution < 1.29 is 4.79 Å². The zero-order valence-electron chi connectivity index (χ0n) is 16.2. The minimum absolute atomic E-state index is 0.0495. The Morgan fingerprint density at radius 1 is 1.04 bits per heavy atom. The molecule has 0 atom stereocenters. The third-order valence-corrected chi connectivity index (χ3v) is 5.58. The Morgan fingerprint density at radius 2 is 1.75 bits per heavy atom. The van der Waals surface area contributed by atoms with Gasteiger partial charge in [-0.1, -0.05) is 37.6 Å². The molecule has 6 nitrogen and oxygen atoms in total. The fraction of sp³-hybridized carbons (Fsp3) is 0.333. The maximum absolute atomic E-state index is 13.1. The largest absolute Gasteiger partial charge is 0.332 e. The molecule has 0 saturated carbocycles. The molecule has 4 rings (SSSR count). The van der Waals surface area contributed by atoms with Crippen molar-refractivity contribution >= 4 is 28.4 Å². The van der Waals surface area contributed by atoms with Gasteiger partial charge in [-0.05, 0) is 29.5 Å². The molecule has 1 aliphatic carbocycles. The van der Waals surface area contributed by atoms with E-state index in [0.29, 0.717) is 40.2 Å². The molecule has 0 bridgehead atoms.